The van der Waals surface area contributed by atoms with Crippen LogP contribution in [0.1, 0.15) is 25.8 Å². The van der Waals surface area contributed by atoms with E-state index < -0.39 is 11.8 Å². The van der Waals surface area contributed by atoms with Gasteiger partial charge in [-0.3, -0.25) is 9.69 Å². The smallest absolute Gasteiger partial charge is 0.412 e. The molecule has 1 aliphatic rings. The SMILES string of the molecule is COC(=O)C[C@@H]1COC(C)(C)N1C(=O)OCc1ccccc1. The molecule has 120 valence electrons. The molecule has 0 unspecified atom stereocenters. The Morgan fingerprint density at radius 3 is 2.64 bits per heavy atom. The van der Waals surface area contributed by atoms with E-state index in [9.17, 15) is 9.59 Å². The van der Waals surface area contributed by atoms with Gasteiger partial charge in [-0.2, -0.15) is 0 Å². The minimum absolute atomic E-state index is 0.0837. The molecule has 0 aliphatic carbocycles. The molecule has 1 fully saturated rings. The number of rotatable bonds is 4. The van der Waals surface area contributed by atoms with Crippen molar-refractivity contribution in [2.45, 2.75) is 38.6 Å². The average molecular weight is 307 g/mol. The average Bonchev–Trinajstić information content (AvgIpc) is 2.80. The highest BCUT2D eigenvalue weighted by molar-refractivity contribution is 5.73. The van der Waals surface area contributed by atoms with Crippen molar-refractivity contribution in [3.05, 3.63) is 35.9 Å². The molecule has 2 rings (SSSR count). The van der Waals surface area contributed by atoms with E-state index in [0.717, 1.165) is 5.56 Å². The van der Waals surface area contributed by atoms with E-state index in [1.165, 1.54) is 12.0 Å². The van der Waals surface area contributed by atoms with E-state index in [1.807, 2.05) is 30.3 Å². The molecular weight excluding hydrogens is 286 g/mol. The molecule has 22 heavy (non-hydrogen) atoms. The topological polar surface area (TPSA) is 65.1 Å². The van der Waals surface area contributed by atoms with Gasteiger partial charge in [-0.05, 0) is 19.4 Å². The van der Waals surface area contributed by atoms with Gasteiger partial charge in [0.15, 0.2) is 0 Å². The summed E-state index contributed by atoms with van der Waals surface area (Å²) >= 11 is 0. The molecular formula is C16H21NO5. The third-order valence-corrected chi connectivity index (χ3v) is 3.61. The molecule has 0 N–H and O–H groups in total. The number of ether oxygens (including phenoxy) is 3. The highest BCUT2D eigenvalue weighted by Gasteiger charge is 2.45. The zero-order chi connectivity index (χ0) is 16.2. The van der Waals surface area contributed by atoms with E-state index in [2.05, 4.69) is 4.74 Å². The molecule has 1 saturated heterocycles. The van der Waals surface area contributed by atoms with Gasteiger partial charge < -0.3 is 14.2 Å². The fourth-order valence-corrected chi connectivity index (χ4v) is 2.47. The number of carbonyl (C=O) groups is 2. The Hall–Kier alpha value is -2.08. The van der Waals surface area contributed by atoms with Crippen LogP contribution in [-0.4, -0.2) is 42.4 Å². The molecule has 0 spiro atoms. The second-order valence-electron chi connectivity index (χ2n) is 5.60. The summed E-state index contributed by atoms with van der Waals surface area (Å²) in [5, 5.41) is 0. The maximum absolute atomic E-state index is 12.4. The molecule has 0 aromatic heterocycles. The minimum Gasteiger partial charge on any atom is -0.469 e. The molecule has 0 saturated carbocycles. The van der Waals surface area contributed by atoms with Gasteiger partial charge in [-0.25, -0.2) is 4.79 Å². The van der Waals surface area contributed by atoms with Crippen LogP contribution in [0.2, 0.25) is 0 Å². The zero-order valence-electron chi connectivity index (χ0n) is 13.1. The predicted molar refractivity (Wildman–Crippen MR) is 78.9 cm³/mol. The summed E-state index contributed by atoms with van der Waals surface area (Å²) in [5.74, 6) is -0.382. The maximum atomic E-state index is 12.4. The van der Waals surface area contributed by atoms with Gasteiger partial charge in [0.05, 0.1) is 26.2 Å². The van der Waals surface area contributed by atoms with E-state index in [0.29, 0.717) is 0 Å². The van der Waals surface area contributed by atoms with Crippen molar-refractivity contribution in [1.82, 2.24) is 4.90 Å². The van der Waals surface area contributed by atoms with Crippen molar-refractivity contribution in [2.24, 2.45) is 0 Å². The summed E-state index contributed by atoms with van der Waals surface area (Å²) in [5.41, 5.74) is 0.0882. The van der Waals surface area contributed by atoms with Crippen LogP contribution in [-0.2, 0) is 25.6 Å². The normalized spacial score (nSPS) is 19.8. The van der Waals surface area contributed by atoms with Crippen molar-refractivity contribution < 1.29 is 23.8 Å². The van der Waals surface area contributed by atoms with Gasteiger partial charge in [-0.1, -0.05) is 30.3 Å². The highest BCUT2D eigenvalue weighted by Crippen LogP contribution is 2.30. The number of esters is 1. The molecule has 0 radical (unpaired) electrons. The largest absolute Gasteiger partial charge is 0.469 e. The van der Waals surface area contributed by atoms with Crippen LogP contribution in [0, 0.1) is 0 Å². The lowest BCUT2D eigenvalue weighted by molar-refractivity contribution is -0.141. The van der Waals surface area contributed by atoms with Crippen LogP contribution in [0.15, 0.2) is 30.3 Å². The second-order valence-corrected chi connectivity index (χ2v) is 5.60. The first-order chi connectivity index (χ1) is 10.4. The Kier molecular flexibility index (Phi) is 5.03. The van der Waals surface area contributed by atoms with Crippen LogP contribution in [0.3, 0.4) is 0 Å². The lowest BCUT2D eigenvalue weighted by Crippen LogP contribution is -2.48. The molecule has 1 heterocycles. The van der Waals surface area contributed by atoms with Crippen LogP contribution in [0.5, 0.6) is 0 Å². The number of carbonyl (C=O) groups excluding carboxylic acids is 2. The van der Waals surface area contributed by atoms with E-state index >= 15 is 0 Å². The minimum atomic E-state index is -0.813. The summed E-state index contributed by atoms with van der Waals surface area (Å²) in [6.45, 7) is 4.00. The molecule has 1 aromatic carbocycles. The number of benzene rings is 1. The first-order valence-corrected chi connectivity index (χ1v) is 7.15. The first-order valence-electron chi connectivity index (χ1n) is 7.15. The van der Waals surface area contributed by atoms with Crippen LogP contribution < -0.4 is 0 Å². The van der Waals surface area contributed by atoms with Crippen LogP contribution >= 0.6 is 0 Å². The van der Waals surface area contributed by atoms with Gasteiger partial charge in [0, 0.05) is 0 Å². The van der Waals surface area contributed by atoms with Crippen molar-refractivity contribution >= 4 is 12.1 Å². The fraction of sp³-hybridized carbons (Fsp3) is 0.500. The number of hydrogen-bond acceptors (Lipinski definition) is 5. The van der Waals surface area contributed by atoms with E-state index in [4.69, 9.17) is 9.47 Å². The van der Waals surface area contributed by atoms with E-state index in [-0.39, 0.29) is 31.6 Å². The molecule has 1 aliphatic heterocycles. The van der Waals surface area contributed by atoms with Gasteiger partial charge >= 0.3 is 12.1 Å². The lowest BCUT2D eigenvalue weighted by atomic mass is 10.1. The molecule has 6 heteroatoms. The number of methoxy groups -OCH3 is 1. The maximum Gasteiger partial charge on any atom is 0.412 e. The van der Waals surface area contributed by atoms with Crippen LogP contribution in [0.25, 0.3) is 0 Å². The number of hydrogen-bond donors (Lipinski definition) is 0. The van der Waals surface area contributed by atoms with Gasteiger partial charge in [0.25, 0.3) is 0 Å². The first kappa shape index (κ1) is 16.3. The monoisotopic (exact) mass is 307 g/mol. The Morgan fingerprint density at radius 1 is 1.32 bits per heavy atom. The zero-order valence-corrected chi connectivity index (χ0v) is 13.1. The van der Waals surface area contributed by atoms with Gasteiger partial charge in [0.1, 0.15) is 12.3 Å². The Morgan fingerprint density at radius 2 is 2.00 bits per heavy atom. The van der Waals surface area contributed by atoms with Gasteiger partial charge in [0.2, 0.25) is 0 Å². The summed E-state index contributed by atoms with van der Waals surface area (Å²) in [4.78, 5) is 25.3. The standard InChI is InChI=1S/C16H21NO5/c1-16(2)17(13(11-22-16)9-14(18)20-3)15(19)21-10-12-7-5-4-6-8-12/h4-8,13H,9-11H2,1-3H3/t13-/m1/s1. The predicted octanol–water partition coefficient (Wildman–Crippen LogP) is 2.32. The number of amides is 1. The number of nitrogens with zero attached hydrogens (tertiary/aromatic N) is 1. The third kappa shape index (κ3) is 3.76. The lowest BCUT2D eigenvalue weighted by Gasteiger charge is -2.32. The molecule has 6 nitrogen and oxygen atoms in total. The molecule has 1 atom stereocenters. The Labute approximate surface area is 129 Å². The fourth-order valence-electron chi connectivity index (χ4n) is 2.47. The summed E-state index contributed by atoms with van der Waals surface area (Å²) in [6, 6.07) is 9.04. The van der Waals surface area contributed by atoms with Crippen molar-refractivity contribution in [1.29, 1.82) is 0 Å². The molecule has 0 bridgehead atoms. The summed E-state index contributed by atoms with van der Waals surface area (Å²) < 4.78 is 15.6. The Bertz CT molecular complexity index is 529. The van der Waals surface area contributed by atoms with Crippen molar-refractivity contribution in [3.8, 4) is 0 Å². The van der Waals surface area contributed by atoms with Crippen LogP contribution in [0.4, 0.5) is 4.79 Å². The summed E-state index contributed by atoms with van der Waals surface area (Å²) in [7, 11) is 1.32. The molecule has 1 aromatic rings. The summed E-state index contributed by atoms with van der Waals surface area (Å²) in [6.07, 6.45) is -0.416. The van der Waals surface area contributed by atoms with Crippen molar-refractivity contribution in [3.63, 3.8) is 0 Å². The third-order valence-electron chi connectivity index (χ3n) is 3.61. The second kappa shape index (κ2) is 6.79. The van der Waals surface area contributed by atoms with Crippen molar-refractivity contribution in [2.75, 3.05) is 13.7 Å². The highest BCUT2D eigenvalue weighted by atomic mass is 16.6. The van der Waals surface area contributed by atoms with E-state index in [1.54, 1.807) is 13.8 Å². The quantitative estimate of drug-likeness (QED) is 0.799. The van der Waals surface area contributed by atoms with Gasteiger partial charge in [-0.15, -0.1) is 0 Å². The molecule has 1 amide bonds. The Balaban J connectivity index is 2.02.